The molecule has 10 heteroatoms. The molecule has 0 radical (unpaired) electrons. The van der Waals surface area contributed by atoms with Crippen LogP contribution in [0.25, 0.3) is 0 Å². The smallest absolute Gasteiger partial charge is 0.331 e. The van der Waals surface area contributed by atoms with Gasteiger partial charge in [-0.3, -0.25) is 9.59 Å². The summed E-state index contributed by atoms with van der Waals surface area (Å²) in [4.78, 5) is 35.8. The minimum atomic E-state index is -0.804. The van der Waals surface area contributed by atoms with E-state index in [0.29, 0.717) is 75.0 Å². The second kappa shape index (κ2) is 36.5. The van der Waals surface area contributed by atoms with Gasteiger partial charge in [0.05, 0.1) is 37.6 Å². The van der Waals surface area contributed by atoms with Crippen molar-refractivity contribution in [3.63, 3.8) is 0 Å². The maximum absolute atomic E-state index is 12.7. The number of allylic oxidation sites excluding steroid dienone is 12. The van der Waals surface area contributed by atoms with Gasteiger partial charge >= 0.3 is 5.97 Å². The lowest BCUT2D eigenvalue weighted by Crippen LogP contribution is -2.44. The average molecular weight is 878 g/mol. The summed E-state index contributed by atoms with van der Waals surface area (Å²) >= 11 is 0. The third-order valence-corrected chi connectivity index (χ3v) is 11.7. The zero-order valence-electron chi connectivity index (χ0n) is 40.4. The van der Waals surface area contributed by atoms with Crippen LogP contribution in [0, 0.1) is 17.8 Å². The predicted octanol–water partition coefficient (Wildman–Crippen LogP) is 10.8. The highest BCUT2D eigenvalue weighted by Crippen LogP contribution is 2.32. The number of hydrogen-bond donors (Lipinski definition) is 4. The Morgan fingerprint density at radius 1 is 0.651 bits per heavy atom. The van der Waals surface area contributed by atoms with Gasteiger partial charge in [-0.05, 0) is 107 Å². The topological polar surface area (TPSA) is 149 Å². The van der Waals surface area contributed by atoms with E-state index >= 15 is 0 Å². The van der Waals surface area contributed by atoms with E-state index in [4.69, 9.17) is 25.1 Å². The number of hydrogen-bond acceptors (Lipinski definition) is 7. The Hall–Kier alpha value is -3.83. The number of carboxylic acids is 1. The first-order valence-corrected chi connectivity index (χ1v) is 24.2. The van der Waals surface area contributed by atoms with Crippen LogP contribution in [0.4, 0.5) is 0 Å². The lowest BCUT2D eigenvalue weighted by molar-refractivity contribution is -0.133. The molecule has 2 aliphatic rings. The molecule has 356 valence electrons. The fraction of sp³-hybridized carbons (Fsp3) is 0.642. The van der Waals surface area contributed by atoms with Gasteiger partial charge in [0.1, 0.15) is 0 Å². The normalized spacial score (nSPS) is 21.9. The van der Waals surface area contributed by atoms with Crippen LogP contribution in [0.15, 0.2) is 96.2 Å². The molecule has 0 unspecified atom stereocenters. The molecule has 0 saturated heterocycles. The highest BCUT2D eigenvalue weighted by Gasteiger charge is 2.32. The molecule has 0 aliphatic heterocycles. The van der Waals surface area contributed by atoms with Crippen LogP contribution in [0.1, 0.15) is 145 Å². The van der Waals surface area contributed by atoms with Gasteiger partial charge in [-0.25, -0.2) is 4.79 Å². The first-order chi connectivity index (χ1) is 30.4. The quantitative estimate of drug-likeness (QED) is 0.0412. The zero-order valence-corrected chi connectivity index (χ0v) is 40.4. The van der Waals surface area contributed by atoms with E-state index in [9.17, 15) is 14.4 Å². The van der Waals surface area contributed by atoms with E-state index in [-0.39, 0.29) is 48.2 Å². The molecule has 2 aliphatic carbocycles. The second-order valence-electron chi connectivity index (χ2n) is 16.7. The van der Waals surface area contributed by atoms with Crippen molar-refractivity contribution in [1.82, 2.24) is 10.6 Å². The SMILES string of the molecule is CC/C=C\C/C=C\C/C=C\C/C=C\C/C=C\C/C=C\CCC(=O)NCCOCCNC(=O)C1=C[C@@H](OC(CC)CC)[C@H](C)[C@@H](N)C1.CCC(CC)O[C@@H]1C=C(C(=O)O)C[C@H](C)[C@H]1C. The molecule has 5 N–H and O–H groups in total. The summed E-state index contributed by atoms with van der Waals surface area (Å²) in [7, 11) is 0. The maximum atomic E-state index is 12.7. The number of carbonyl (C=O) groups excluding carboxylic acids is 2. The van der Waals surface area contributed by atoms with E-state index in [1.54, 1.807) is 0 Å². The molecule has 2 amide bonds. The Kier molecular flexibility index (Phi) is 33.1. The molecule has 0 spiro atoms. The second-order valence-corrected chi connectivity index (χ2v) is 16.7. The van der Waals surface area contributed by atoms with E-state index in [0.717, 1.165) is 64.2 Å². The Labute approximate surface area is 382 Å². The summed E-state index contributed by atoms with van der Waals surface area (Å²) < 4.78 is 17.8. The minimum absolute atomic E-state index is 0.0105. The van der Waals surface area contributed by atoms with E-state index in [1.807, 2.05) is 18.2 Å². The standard InChI is InChI=1S/C39H63N3O4.C14H24O3/c1-5-8-9-10-11-12-13-14-15-16-17-18-19-20-21-22-23-24-25-26-38(43)41-27-29-45-30-28-42-39(44)34-31-36(40)33(4)37(32-34)46-35(6-2)7-3;1-5-12(6-2)17-13-8-11(14(15)16)7-9(3)10(13)4/h8-9,11-12,14-15,17-18,20-21,23-24,32-33,35-37H,5-7,10,13,16,19,22,25-31,40H2,1-4H3,(H,41,43)(H,42,44);8-10,12-13H,5-7H2,1-4H3,(H,15,16)/b9-8-,12-11-,15-14-,18-17-,21-20-,24-23-;/t33-,36+,37-;9-,10+,13+/m10/s1. The molecular formula is C53H87N3O7. The monoisotopic (exact) mass is 878 g/mol. The Morgan fingerprint density at radius 2 is 1.10 bits per heavy atom. The highest BCUT2D eigenvalue weighted by atomic mass is 16.5. The van der Waals surface area contributed by atoms with Gasteiger partial charge in [0.2, 0.25) is 11.8 Å². The lowest BCUT2D eigenvalue weighted by Gasteiger charge is -2.34. The molecule has 2 rings (SSSR count). The molecular weight excluding hydrogens is 791 g/mol. The van der Waals surface area contributed by atoms with Gasteiger partial charge in [-0.2, -0.15) is 0 Å². The van der Waals surface area contributed by atoms with Crippen molar-refractivity contribution < 1.29 is 33.7 Å². The fourth-order valence-electron chi connectivity index (χ4n) is 7.09. The summed E-state index contributed by atoms with van der Waals surface area (Å²) in [6.07, 6.45) is 42.1. The summed E-state index contributed by atoms with van der Waals surface area (Å²) in [5.41, 5.74) is 7.51. The summed E-state index contributed by atoms with van der Waals surface area (Å²) in [5.74, 6) is 0.00978. The number of carbonyl (C=O) groups is 3. The lowest BCUT2D eigenvalue weighted by atomic mass is 9.80. The molecule has 10 nitrogen and oxygen atoms in total. The Bertz CT molecular complexity index is 1500. The van der Waals surface area contributed by atoms with E-state index < -0.39 is 5.97 Å². The van der Waals surface area contributed by atoms with Gasteiger partial charge in [0, 0.05) is 42.6 Å². The number of ether oxygens (including phenoxy) is 3. The van der Waals surface area contributed by atoms with Crippen LogP contribution in [-0.4, -0.2) is 79.7 Å². The minimum Gasteiger partial charge on any atom is -0.478 e. The number of rotatable bonds is 30. The van der Waals surface area contributed by atoms with Crippen LogP contribution < -0.4 is 16.4 Å². The summed E-state index contributed by atoms with van der Waals surface area (Å²) in [5, 5.41) is 14.9. The van der Waals surface area contributed by atoms with Crippen molar-refractivity contribution in [3.05, 3.63) is 96.2 Å². The van der Waals surface area contributed by atoms with E-state index in [1.165, 1.54) is 0 Å². The van der Waals surface area contributed by atoms with Crippen LogP contribution in [-0.2, 0) is 28.6 Å². The third kappa shape index (κ3) is 26.5. The van der Waals surface area contributed by atoms with Gasteiger partial charge in [0.15, 0.2) is 0 Å². The largest absolute Gasteiger partial charge is 0.478 e. The van der Waals surface area contributed by atoms with E-state index in [2.05, 4.69) is 133 Å². The van der Waals surface area contributed by atoms with Crippen molar-refractivity contribution in [2.75, 3.05) is 26.3 Å². The first-order valence-electron chi connectivity index (χ1n) is 24.2. The Morgan fingerprint density at radius 3 is 1.57 bits per heavy atom. The number of aliphatic carboxylic acids is 1. The average Bonchev–Trinajstić information content (AvgIpc) is 3.27. The molecule has 0 heterocycles. The van der Waals surface area contributed by atoms with Gasteiger partial charge in [-0.15, -0.1) is 0 Å². The summed E-state index contributed by atoms with van der Waals surface area (Å²) in [6.45, 7) is 18.5. The van der Waals surface area contributed by atoms with Crippen LogP contribution in [0.5, 0.6) is 0 Å². The molecule has 0 saturated carbocycles. The van der Waals surface area contributed by atoms with Crippen molar-refractivity contribution in [3.8, 4) is 0 Å². The molecule has 63 heavy (non-hydrogen) atoms. The number of nitrogens with two attached hydrogens (primary N) is 1. The fourth-order valence-corrected chi connectivity index (χ4v) is 7.09. The van der Waals surface area contributed by atoms with Crippen LogP contribution in [0.3, 0.4) is 0 Å². The maximum Gasteiger partial charge on any atom is 0.331 e. The number of amides is 2. The summed E-state index contributed by atoms with van der Waals surface area (Å²) in [6, 6.07) is -0.107. The van der Waals surface area contributed by atoms with Crippen molar-refractivity contribution in [1.29, 1.82) is 0 Å². The molecule has 6 atom stereocenters. The third-order valence-electron chi connectivity index (χ3n) is 11.7. The molecule has 0 aromatic rings. The van der Waals surface area contributed by atoms with Crippen LogP contribution >= 0.6 is 0 Å². The van der Waals surface area contributed by atoms with Crippen molar-refractivity contribution >= 4 is 17.8 Å². The highest BCUT2D eigenvalue weighted by molar-refractivity contribution is 5.93. The van der Waals surface area contributed by atoms with Crippen molar-refractivity contribution in [2.45, 2.75) is 176 Å². The van der Waals surface area contributed by atoms with Gasteiger partial charge in [-0.1, -0.05) is 128 Å². The predicted molar refractivity (Wildman–Crippen MR) is 261 cm³/mol. The van der Waals surface area contributed by atoms with Crippen molar-refractivity contribution in [2.24, 2.45) is 23.5 Å². The molecule has 0 aromatic carbocycles. The Balaban J connectivity index is 0.000000969. The molecule has 0 fully saturated rings. The van der Waals surface area contributed by atoms with Gasteiger partial charge < -0.3 is 35.7 Å². The molecule has 0 aromatic heterocycles. The number of carboxylic acid groups (broad SMARTS) is 1. The molecule has 0 bridgehead atoms. The number of nitrogens with one attached hydrogen (secondary N) is 2. The first kappa shape index (κ1) is 57.2. The van der Waals surface area contributed by atoms with Crippen LogP contribution in [0.2, 0.25) is 0 Å². The zero-order chi connectivity index (χ0) is 46.7. The van der Waals surface area contributed by atoms with Gasteiger partial charge in [0.25, 0.3) is 0 Å².